The average molecular weight is 302 g/mol. The van der Waals surface area contributed by atoms with Crippen LogP contribution in [0, 0.1) is 5.82 Å². The minimum Gasteiger partial charge on any atom is -0.372 e. The van der Waals surface area contributed by atoms with Gasteiger partial charge in [-0.05, 0) is 46.5 Å². The zero-order valence-corrected chi connectivity index (χ0v) is 11.2. The van der Waals surface area contributed by atoms with E-state index in [2.05, 4.69) is 15.9 Å². The van der Waals surface area contributed by atoms with Crippen molar-refractivity contribution in [2.45, 2.75) is 44.4 Å². The summed E-state index contributed by atoms with van der Waals surface area (Å²) in [5.74, 6) is -0.247. The van der Waals surface area contributed by atoms with Crippen LogP contribution >= 0.6 is 15.9 Å². The van der Waals surface area contributed by atoms with Gasteiger partial charge in [0, 0.05) is 6.04 Å². The molecule has 1 aliphatic carbocycles. The molecule has 4 heteroatoms. The molecule has 1 aliphatic rings. The highest BCUT2D eigenvalue weighted by molar-refractivity contribution is 9.10. The summed E-state index contributed by atoms with van der Waals surface area (Å²) >= 11 is 3.17. The van der Waals surface area contributed by atoms with Crippen molar-refractivity contribution in [2.75, 3.05) is 0 Å². The summed E-state index contributed by atoms with van der Waals surface area (Å²) < 4.78 is 19.3. The first-order valence-corrected chi connectivity index (χ1v) is 6.77. The van der Waals surface area contributed by atoms with Crippen LogP contribution in [0.15, 0.2) is 22.7 Å². The maximum atomic E-state index is 13.0. The van der Waals surface area contributed by atoms with Gasteiger partial charge in [-0.25, -0.2) is 4.39 Å². The van der Waals surface area contributed by atoms with E-state index in [4.69, 9.17) is 10.5 Å². The van der Waals surface area contributed by atoms with E-state index >= 15 is 0 Å². The maximum Gasteiger partial charge on any atom is 0.137 e. The number of halogens is 2. The van der Waals surface area contributed by atoms with Crippen LogP contribution in [0.2, 0.25) is 0 Å². The Balaban J connectivity index is 1.90. The third kappa shape index (κ3) is 3.50. The van der Waals surface area contributed by atoms with Crippen LogP contribution in [-0.2, 0) is 11.3 Å². The normalized spacial score (nSPS) is 24.9. The first-order valence-electron chi connectivity index (χ1n) is 5.98. The topological polar surface area (TPSA) is 35.2 Å². The summed E-state index contributed by atoms with van der Waals surface area (Å²) in [5.41, 5.74) is 6.97. The van der Waals surface area contributed by atoms with Crippen molar-refractivity contribution in [1.29, 1.82) is 0 Å². The van der Waals surface area contributed by atoms with E-state index in [1.807, 2.05) is 0 Å². The van der Waals surface area contributed by atoms with Crippen molar-refractivity contribution in [3.63, 3.8) is 0 Å². The number of hydrogen-bond donors (Lipinski definition) is 1. The van der Waals surface area contributed by atoms with Gasteiger partial charge in [0.05, 0.1) is 17.2 Å². The second-order valence-electron chi connectivity index (χ2n) is 4.55. The molecule has 2 nitrogen and oxygen atoms in total. The zero-order valence-electron chi connectivity index (χ0n) is 9.66. The molecular formula is C13H17BrFNO. The SMILES string of the molecule is NC1CCCCC1OCc1ccc(F)c(Br)c1. The molecule has 0 aliphatic heterocycles. The van der Waals surface area contributed by atoms with Gasteiger partial charge in [0.25, 0.3) is 0 Å². The molecular weight excluding hydrogens is 285 g/mol. The molecule has 2 N–H and O–H groups in total. The molecule has 0 radical (unpaired) electrons. The number of nitrogens with two attached hydrogens (primary N) is 1. The molecule has 0 aromatic heterocycles. The molecule has 94 valence electrons. The van der Waals surface area contributed by atoms with Crippen LogP contribution in [0.3, 0.4) is 0 Å². The van der Waals surface area contributed by atoms with Crippen LogP contribution in [0.4, 0.5) is 4.39 Å². The van der Waals surface area contributed by atoms with Gasteiger partial charge in [0.15, 0.2) is 0 Å². The van der Waals surface area contributed by atoms with Crippen LogP contribution < -0.4 is 5.73 Å². The Morgan fingerprint density at radius 2 is 2.12 bits per heavy atom. The molecule has 0 heterocycles. The molecule has 0 spiro atoms. The van der Waals surface area contributed by atoms with Crippen LogP contribution in [0.25, 0.3) is 0 Å². The van der Waals surface area contributed by atoms with Crippen LogP contribution in [0.5, 0.6) is 0 Å². The molecule has 1 saturated carbocycles. The van der Waals surface area contributed by atoms with Crippen LogP contribution in [0.1, 0.15) is 31.2 Å². The molecule has 1 aromatic rings. The van der Waals surface area contributed by atoms with E-state index in [9.17, 15) is 4.39 Å². The van der Waals surface area contributed by atoms with E-state index in [0.29, 0.717) is 11.1 Å². The molecule has 17 heavy (non-hydrogen) atoms. The lowest BCUT2D eigenvalue weighted by atomic mass is 9.93. The summed E-state index contributed by atoms with van der Waals surface area (Å²) in [7, 11) is 0. The quantitative estimate of drug-likeness (QED) is 0.929. The molecule has 1 aromatic carbocycles. The monoisotopic (exact) mass is 301 g/mol. The van der Waals surface area contributed by atoms with Crippen molar-refractivity contribution >= 4 is 15.9 Å². The Hall–Kier alpha value is -0.450. The fraction of sp³-hybridized carbons (Fsp3) is 0.538. The molecule has 0 saturated heterocycles. The van der Waals surface area contributed by atoms with Crippen LogP contribution in [-0.4, -0.2) is 12.1 Å². The van der Waals surface area contributed by atoms with Gasteiger partial charge < -0.3 is 10.5 Å². The molecule has 2 rings (SSSR count). The smallest absolute Gasteiger partial charge is 0.137 e. The van der Waals surface area contributed by atoms with Gasteiger partial charge in [-0.15, -0.1) is 0 Å². The summed E-state index contributed by atoms with van der Waals surface area (Å²) in [4.78, 5) is 0. The van der Waals surface area contributed by atoms with Crippen molar-refractivity contribution in [3.05, 3.63) is 34.1 Å². The van der Waals surface area contributed by atoms with E-state index in [0.717, 1.165) is 18.4 Å². The lowest BCUT2D eigenvalue weighted by Gasteiger charge is -2.28. The molecule has 2 atom stereocenters. The van der Waals surface area contributed by atoms with Gasteiger partial charge in [0.2, 0.25) is 0 Å². The average Bonchev–Trinajstić information content (AvgIpc) is 2.32. The number of rotatable bonds is 3. The lowest BCUT2D eigenvalue weighted by molar-refractivity contribution is 0.00400. The predicted octanol–water partition coefficient (Wildman–Crippen LogP) is 3.37. The standard InChI is InChI=1S/C13H17BrFNO/c14-10-7-9(5-6-11(10)15)8-17-13-4-2-1-3-12(13)16/h5-7,12-13H,1-4,8,16H2. The van der Waals surface area contributed by atoms with Crippen molar-refractivity contribution in [1.82, 2.24) is 0 Å². The van der Waals surface area contributed by atoms with Gasteiger partial charge in [-0.2, -0.15) is 0 Å². The number of benzene rings is 1. The third-order valence-corrected chi connectivity index (χ3v) is 3.81. The Morgan fingerprint density at radius 3 is 2.82 bits per heavy atom. The summed E-state index contributed by atoms with van der Waals surface area (Å²) in [6, 6.07) is 5.09. The Kier molecular flexibility index (Phi) is 4.54. The highest BCUT2D eigenvalue weighted by atomic mass is 79.9. The largest absolute Gasteiger partial charge is 0.372 e. The fourth-order valence-electron chi connectivity index (χ4n) is 2.17. The minimum absolute atomic E-state index is 0.146. The molecule has 0 bridgehead atoms. The number of hydrogen-bond acceptors (Lipinski definition) is 2. The second kappa shape index (κ2) is 5.94. The number of ether oxygens (including phenoxy) is 1. The van der Waals surface area contributed by atoms with E-state index in [1.165, 1.54) is 18.9 Å². The molecule has 1 fully saturated rings. The Labute approximate surface area is 109 Å². The van der Waals surface area contributed by atoms with Gasteiger partial charge in [0.1, 0.15) is 5.82 Å². The highest BCUT2D eigenvalue weighted by Crippen LogP contribution is 2.22. The second-order valence-corrected chi connectivity index (χ2v) is 5.40. The van der Waals surface area contributed by atoms with Gasteiger partial charge >= 0.3 is 0 Å². The van der Waals surface area contributed by atoms with Gasteiger partial charge in [-0.1, -0.05) is 18.9 Å². The third-order valence-electron chi connectivity index (χ3n) is 3.20. The summed E-state index contributed by atoms with van der Waals surface area (Å²) in [6.07, 6.45) is 4.60. The first-order chi connectivity index (χ1) is 8.16. The molecule has 0 amide bonds. The summed E-state index contributed by atoms with van der Waals surface area (Å²) in [5, 5.41) is 0. The minimum atomic E-state index is -0.247. The van der Waals surface area contributed by atoms with Crippen molar-refractivity contribution < 1.29 is 9.13 Å². The van der Waals surface area contributed by atoms with Crippen molar-refractivity contribution in [2.24, 2.45) is 5.73 Å². The van der Waals surface area contributed by atoms with E-state index in [-0.39, 0.29) is 18.0 Å². The van der Waals surface area contributed by atoms with Crippen molar-refractivity contribution in [3.8, 4) is 0 Å². The zero-order chi connectivity index (χ0) is 12.3. The Bertz CT molecular complexity index is 386. The predicted molar refractivity (Wildman–Crippen MR) is 69.1 cm³/mol. The molecule has 2 unspecified atom stereocenters. The first kappa shape index (κ1) is 13.0. The van der Waals surface area contributed by atoms with E-state index < -0.39 is 0 Å². The van der Waals surface area contributed by atoms with Gasteiger partial charge in [-0.3, -0.25) is 0 Å². The van der Waals surface area contributed by atoms with E-state index in [1.54, 1.807) is 12.1 Å². The highest BCUT2D eigenvalue weighted by Gasteiger charge is 2.22. The summed E-state index contributed by atoms with van der Waals surface area (Å²) in [6.45, 7) is 0.497. The maximum absolute atomic E-state index is 13.0. The Morgan fingerprint density at radius 1 is 1.35 bits per heavy atom. The fourth-order valence-corrected chi connectivity index (χ4v) is 2.59. The lowest BCUT2D eigenvalue weighted by Crippen LogP contribution is -2.39.